The Labute approximate surface area is 127 Å². The maximum Gasteiger partial charge on any atom is 0.351 e. The van der Waals surface area contributed by atoms with E-state index in [2.05, 4.69) is 11.6 Å². The van der Waals surface area contributed by atoms with Crippen LogP contribution < -0.4 is 11.4 Å². The monoisotopic (exact) mass is 315 g/mol. The van der Waals surface area contributed by atoms with Gasteiger partial charge in [-0.3, -0.25) is 4.57 Å². The van der Waals surface area contributed by atoms with Crippen LogP contribution >= 0.6 is 11.6 Å². The van der Waals surface area contributed by atoms with Crippen LogP contribution in [0, 0.1) is 0 Å². The highest BCUT2D eigenvalue weighted by atomic mass is 35.5. The molecular formula is C13H18ClN3O4. The second-order valence-electron chi connectivity index (χ2n) is 4.88. The fraction of sp³-hybridized carbons (Fsp3) is 0.538. The molecule has 0 bridgehead atoms. The number of halogens is 1. The Morgan fingerprint density at radius 1 is 1.71 bits per heavy atom. The van der Waals surface area contributed by atoms with Crippen molar-refractivity contribution in [3.63, 3.8) is 0 Å². The summed E-state index contributed by atoms with van der Waals surface area (Å²) in [4.78, 5) is 14.7. The molecule has 0 aliphatic carbocycles. The first kappa shape index (κ1) is 15.8. The molecule has 4 unspecified atom stereocenters. The maximum absolute atomic E-state index is 12.0. The van der Waals surface area contributed by atoms with Gasteiger partial charge in [-0.2, -0.15) is 4.98 Å². The van der Waals surface area contributed by atoms with Gasteiger partial charge in [-0.05, 0) is 13.0 Å². The fourth-order valence-electron chi connectivity index (χ4n) is 2.49. The molecule has 1 aliphatic heterocycles. The number of hydrogen-bond acceptors (Lipinski definition) is 6. The smallest absolute Gasteiger partial charge is 0.351 e. The Kier molecular flexibility index (Phi) is 4.55. The molecule has 2 rings (SSSR count). The topological polar surface area (TPSA) is 88.6 Å². The summed E-state index contributed by atoms with van der Waals surface area (Å²) < 4.78 is 17.7. The zero-order chi connectivity index (χ0) is 15.6. The lowest BCUT2D eigenvalue weighted by atomic mass is 10.0. The third-order valence-corrected chi connectivity index (χ3v) is 3.82. The lowest BCUT2D eigenvalue weighted by Gasteiger charge is -2.28. The van der Waals surface area contributed by atoms with Crippen molar-refractivity contribution in [1.82, 2.24) is 9.55 Å². The number of ether oxygens (including phenoxy) is 3. The first-order chi connectivity index (χ1) is 9.91. The number of nitrogens with zero attached hydrogens (tertiary/aromatic N) is 2. The van der Waals surface area contributed by atoms with Crippen molar-refractivity contribution >= 4 is 17.4 Å². The van der Waals surface area contributed by atoms with Crippen LogP contribution in [0.1, 0.15) is 13.2 Å². The molecule has 1 aromatic rings. The SMILES string of the molecule is C=COCC1OC(n2ccc(N)nc2=O)C(C)(Cl)C1OC. The van der Waals surface area contributed by atoms with Crippen molar-refractivity contribution in [2.45, 2.75) is 30.2 Å². The predicted molar refractivity (Wildman–Crippen MR) is 78.0 cm³/mol. The Morgan fingerprint density at radius 2 is 2.43 bits per heavy atom. The average Bonchev–Trinajstić information content (AvgIpc) is 2.67. The van der Waals surface area contributed by atoms with Gasteiger partial charge in [0.25, 0.3) is 0 Å². The summed E-state index contributed by atoms with van der Waals surface area (Å²) in [5, 5.41) is 0. The molecule has 0 radical (unpaired) electrons. The fourth-order valence-corrected chi connectivity index (χ4v) is 2.87. The van der Waals surface area contributed by atoms with E-state index < -0.39 is 29.0 Å². The van der Waals surface area contributed by atoms with Gasteiger partial charge in [0.05, 0.1) is 6.26 Å². The quantitative estimate of drug-likeness (QED) is 0.641. The summed E-state index contributed by atoms with van der Waals surface area (Å²) in [5.74, 6) is 0.139. The van der Waals surface area contributed by atoms with Gasteiger partial charge in [0.2, 0.25) is 0 Å². The van der Waals surface area contributed by atoms with Gasteiger partial charge < -0.3 is 19.9 Å². The van der Waals surface area contributed by atoms with Crippen LogP contribution in [0.25, 0.3) is 0 Å². The molecule has 1 aromatic heterocycles. The summed E-state index contributed by atoms with van der Waals surface area (Å²) in [5.41, 5.74) is 4.95. The lowest BCUT2D eigenvalue weighted by Crippen LogP contribution is -2.43. The highest BCUT2D eigenvalue weighted by Crippen LogP contribution is 2.44. The highest BCUT2D eigenvalue weighted by Gasteiger charge is 2.54. The van der Waals surface area contributed by atoms with E-state index in [1.807, 2.05) is 0 Å². The van der Waals surface area contributed by atoms with E-state index >= 15 is 0 Å². The van der Waals surface area contributed by atoms with Gasteiger partial charge in [-0.1, -0.05) is 6.58 Å². The molecular weight excluding hydrogens is 298 g/mol. The van der Waals surface area contributed by atoms with Gasteiger partial charge >= 0.3 is 5.69 Å². The number of methoxy groups -OCH3 is 1. The maximum atomic E-state index is 12.0. The van der Waals surface area contributed by atoms with Gasteiger partial charge in [0.15, 0.2) is 6.23 Å². The number of nitrogens with two attached hydrogens (primary N) is 1. The van der Waals surface area contributed by atoms with Crippen LogP contribution in [0.4, 0.5) is 5.82 Å². The van der Waals surface area contributed by atoms with Crippen molar-refractivity contribution < 1.29 is 14.2 Å². The van der Waals surface area contributed by atoms with Crippen molar-refractivity contribution in [1.29, 1.82) is 0 Å². The highest BCUT2D eigenvalue weighted by molar-refractivity contribution is 6.24. The Morgan fingerprint density at radius 3 is 3.00 bits per heavy atom. The summed E-state index contributed by atoms with van der Waals surface area (Å²) in [6.07, 6.45) is 1.16. The van der Waals surface area contributed by atoms with Crippen molar-refractivity contribution in [3.8, 4) is 0 Å². The third kappa shape index (κ3) is 2.90. The van der Waals surface area contributed by atoms with E-state index in [0.717, 1.165) is 0 Å². The summed E-state index contributed by atoms with van der Waals surface area (Å²) in [6, 6.07) is 1.51. The van der Waals surface area contributed by atoms with Gasteiger partial charge in [0, 0.05) is 13.3 Å². The second kappa shape index (κ2) is 6.05. The van der Waals surface area contributed by atoms with E-state index in [1.165, 1.54) is 30.2 Å². The van der Waals surface area contributed by atoms with Gasteiger partial charge in [-0.15, -0.1) is 11.6 Å². The number of hydrogen-bond donors (Lipinski definition) is 1. The molecule has 0 spiro atoms. The van der Waals surface area contributed by atoms with E-state index in [-0.39, 0.29) is 12.4 Å². The zero-order valence-electron chi connectivity index (χ0n) is 11.9. The molecule has 0 saturated carbocycles. The molecule has 0 amide bonds. The number of rotatable bonds is 5. The zero-order valence-corrected chi connectivity index (χ0v) is 12.6. The number of nitrogen functional groups attached to an aromatic ring is 1. The Balaban J connectivity index is 2.35. The van der Waals surface area contributed by atoms with Crippen LogP contribution in [-0.4, -0.2) is 40.3 Å². The van der Waals surface area contributed by atoms with Crippen molar-refractivity contribution in [2.75, 3.05) is 19.5 Å². The molecule has 2 N–H and O–H groups in total. The van der Waals surface area contributed by atoms with Crippen molar-refractivity contribution in [2.24, 2.45) is 0 Å². The summed E-state index contributed by atoms with van der Waals surface area (Å²) >= 11 is 6.57. The van der Waals surface area contributed by atoms with Gasteiger partial charge in [-0.25, -0.2) is 4.79 Å². The standard InChI is InChI=1S/C13H18ClN3O4/c1-4-20-7-8-10(19-3)13(2,14)11(21-8)17-6-5-9(15)16-12(17)18/h4-6,8,10-11H,1,7H2,2-3H3,(H2,15,16,18). The first-order valence-electron chi connectivity index (χ1n) is 6.36. The van der Waals surface area contributed by atoms with Gasteiger partial charge in [0.1, 0.15) is 29.5 Å². The Hall–Kier alpha value is -1.57. The molecule has 1 fully saturated rings. The van der Waals surface area contributed by atoms with Crippen LogP contribution in [0.2, 0.25) is 0 Å². The van der Waals surface area contributed by atoms with E-state index in [9.17, 15) is 4.79 Å². The predicted octanol–water partition coefficient (Wildman–Crippen LogP) is 0.895. The molecule has 21 heavy (non-hydrogen) atoms. The second-order valence-corrected chi connectivity index (χ2v) is 5.69. The molecule has 1 aliphatic rings. The van der Waals surface area contributed by atoms with Crippen LogP contribution in [0.3, 0.4) is 0 Å². The average molecular weight is 316 g/mol. The Bertz CT molecular complexity index is 575. The molecule has 116 valence electrons. The number of anilines is 1. The van der Waals surface area contributed by atoms with Crippen LogP contribution in [-0.2, 0) is 14.2 Å². The molecule has 0 aromatic carbocycles. The minimum Gasteiger partial charge on any atom is -0.499 e. The van der Waals surface area contributed by atoms with Crippen LogP contribution in [0.15, 0.2) is 29.9 Å². The van der Waals surface area contributed by atoms with E-state index in [4.69, 9.17) is 31.5 Å². The molecule has 8 heteroatoms. The summed E-state index contributed by atoms with van der Waals surface area (Å²) in [6.45, 7) is 5.44. The molecule has 1 saturated heterocycles. The van der Waals surface area contributed by atoms with E-state index in [1.54, 1.807) is 6.92 Å². The normalized spacial score (nSPS) is 32.0. The number of alkyl halides is 1. The molecule has 7 nitrogen and oxygen atoms in total. The van der Waals surface area contributed by atoms with Crippen molar-refractivity contribution in [3.05, 3.63) is 35.6 Å². The first-order valence-corrected chi connectivity index (χ1v) is 6.74. The molecule has 4 atom stereocenters. The summed E-state index contributed by atoms with van der Waals surface area (Å²) in [7, 11) is 1.53. The molecule has 2 heterocycles. The minimum atomic E-state index is -0.967. The number of aromatic nitrogens is 2. The van der Waals surface area contributed by atoms with E-state index in [0.29, 0.717) is 0 Å². The minimum absolute atomic E-state index is 0.139. The third-order valence-electron chi connectivity index (χ3n) is 3.42. The van der Waals surface area contributed by atoms with Crippen LogP contribution in [0.5, 0.6) is 0 Å². The largest absolute Gasteiger partial charge is 0.499 e. The lowest BCUT2D eigenvalue weighted by molar-refractivity contribution is -0.0561.